The van der Waals surface area contributed by atoms with Crippen LogP contribution in [0.3, 0.4) is 0 Å². The van der Waals surface area contributed by atoms with Gasteiger partial charge in [0.1, 0.15) is 0 Å². The average Bonchev–Trinajstić information content (AvgIpc) is 3.10. The van der Waals surface area contributed by atoms with Crippen LogP contribution in [0, 0.1) is 6.92 Å². The number of rotatable bonds is 5. The molecule has 0 saturated heterocycles. The minimum Gasteiger partial charge on any atom is -0.493 e. The Labute approximate surface area is 150 Å². The number of carbonyl (C=O) groups is 1. The maximum absolute atomic E-state index is 12.4. The van der Waals surface area contributed by atoms with E-state index in [9.17, 15) is 4.79 Å². The van der Waals surface area contributed by atoms with Gasteiger partial charge in [-0.3, -0.25) is 10.1 Å². The highest BCUT2D eigenvalue weighted by Crippen LogP contribution is 2.29. The first-order valence-corrected chi connectivity index (χ1v) is 8.54. The molecule has 0 radical (unpaired) electrons. The molecule has 6 heteroatoms. The Hall–Kier alpha value is -2.86. The van der Waals surface area contributed by atoms with Crippen LogP contribution in [-0.4, -0.2) is 25.1 Å². The molecule has 0 fully saturated rings. The predicted molar refractivity (Wildman–Crippen MR) is 99.8 cm³/mol. The fourth-order valence-electron chi connectivity index (χ4n) is 2.33. The molecule has 1 amide bonds. The van der Waals surface area contributed by atoms with E-state index in [0.29, 0.717) is 22.2 Å². The Morgan fingerprint density at radius 2 is 1.76 bits per heavy atom. The summed E-state index contributed by atoms with van der Waals surface area (Å²) in [6, 6.07) is 13.1. The van der Waals surface area contributed by atoms with Crippen molar-refractivity contribution in [3.63, 3.8) is 0 Å². The lowest BCUT2D eigenvalue weighted by Crippen LogP contribution is -2.11. The van der Waals surface area contributed by atoms with Crippen molar-refractivity contribution < 1.29 is 14.3 Å². The molecule has 1 aromatic heterocycles. The number of amides is 1. The fourth-order valence-corrected chi connectivity index (χ4v) is 3.05. The lowest BCUT2D eigenvalue weighted by molar-refractivity contribution is 0.102. The van der Waals surface area contributed by atoms with Gasteiger partial charge in [0.05, 0.1) is 19.9 Å². The Bertz CT molecular complexity index is 888. The standard InChI is InChI=1S/C19H18N2O3S/c1-12-4-6-13(7-5-12)15-11-25-19(20-15)21-18(22)14-8-9-16(23-2)17(10-14)24-3/h4-11H,1-3H3,(H,20,21,22). The molecule has 5 nitrogen and oxygen atoms in total. The van der Waals surface area contributed by atoms with Crippen LogP contribution in [0.4, 0.5) is 5.13 Å². The van der Waals surface area contributed by atoms with Gasteiger partial charge in [-0.25, -0.2) is 4.98 Å². The van der Waals surface area contributed by atoms with Crippen molar-refractivity contribution >= 4 is 22.4 Å². The van der Waals surface area contributed by atoms with E-state index < -0.39 is 0 Å². The second kappa shape index (κ2) is 7.36. The van der Waals surface area contributed by atoms with E-state index in [4.69, 9.17) is 9.47 Å². The second-order valence-electron chi connectivity index (χ2n) is 5.43. The molecule has 0 atom stereocenters. The number of aryl methyl sites for hydroxylation is 1. The van der Waals surface area contributed by atoms with Gasteiger partial charge in [-0.05, 0) is 25.1 Å². The Kier molecular flexibility index (Phi) is 5.00. The lowest BCUT2D eigenvalue weighted by atomic mass is 10.1. The fraction of sp³-hybridized carbons (Fsp3) is 0.158. The summed E-state index contributed by atoms with van der Waals surface area (Å²) in [5.41, 5.74) is 3.53. The number of hydrogen-bond acceptors (Lipinski definition) is 5. The molecule has 0 aliphatic heterocycles. The zero-order chi connectivity index (χ0) is 17.8. The first kappa shape index (κ1) is 17.0. The first-order valence-electron chi connectivity index (χ1n) is 7.66. The van der Waals surface area contributed by atoms with Crippen molar-refractivity contribution in [2.45, 2.75) is 6.92 Å². The van der Waals surface area contributed by atoms with E-state index in [0.717, 1.165) is 11.3 Å². The summed E-state index contributed by atoms with van der Waals surface area (Å²) >= 11 is 1.39. The van der Waals surface area contributed by atoms with Gasteiger partial charge in [-0.15, -0.1) is 11.3 Å². The largest absolute Gasteiger partial charge is 0.493 e. The molecule has 1 N–H and O–H groups in total. The van der Waals surface area contributed by atoms with Gasteiger partial charge in [0.2, 0.25) is 0 Å². The summed E-state index contributed by atoms with van der Waals surface area (Å²) in [5.74, 6) is 0.843. The molecule has 3 aromatic rings. The van der Waals surface area contributed by atoms with Crippen LogP contribution in [0.1, 0.15) is 15.9 Å². The number of anilines is 1. The number of aromatic nitrogens is 1. The van der Waals surface area contributed by atoms with Gasteiger partial charge in [-0.2, -0.15) is 0 Å². The van der Waals surface area contributed by atoms with E-state index in [-0.39, 0.29) is 5.91 Å². The molecule has 0 bridgehead atoms. The molecule has 0 aliphatic rings. The molecule has 2 aromatic carbocycles. The third-order valence-corrected chi connectivity index (χ3v) is 4.48. The third kappa shape index (κ3) is 3.80. The number of ether oxygens (including phenoxy) is 2. The zero-order valence-electron chi connectivity index (χ0n) is 14.2. The van der Waals surface area contributed by atoms with E-state index in [2.05, 4.69) is 10.3 Å². The van der Waals surface area contributed by atoms with E-state index >= 15 is 0 Å². The molecule has 0 saturated carbocycles. The molecule has 0 aliphatic carbocycles. The van der Waals surface area contributed by atoms with Crippen LogP contribution in [0.15, 0.2) is 47.8 Å². The Balaban J connectivity index is 1.76. The number of benzene rings is 2. The maximum Gasteiger partial charge on any atom is 0.257 e. The van der Waals surface area contributed by atoms with E-state index in [1.807, 2.05) is 36.6 Å². The number of carbonyl (C=O) groups excluding carboxylic acids is 1. The number of thiazole rings is 1. The zero-order valence-corrected chi connectivity index (χ0v) is 15.0. The SMILES string of the molecule is COc1ccc(C(=O)Nc2nc(-c3ccc(C)cc3)cs2)cc1OC. The normalized spacial score (nSPS) is 10.4. The van der Waals surface area contributed by atoms with Crippen molar-refractivity contribution in [1.82, 2.24) is 4.98 Å². The van der Waals surface area contributed by atoms with Crippen molar-refractivity contribution in [2.24, 2.45) is 0 Å². The maximum atomic E-state index is 12.4. The van der Waals surface area contributed by atoms with Gasteiger partial charge in [0.25, 0.3) is 5.91 Å². The summed E-state index contributed by atoms with van der Waals surface area (Å²) in [5, 5.41) is 5.30. The second-order valence-corrected chi connectivity index (χ2v) is 6.29. The molecule has 1 heterocycles. The van der Waals surface area contributed by atoms with Gasteiger partial charge in [0, 0.05) is 16.5 Å². The predicted octanol–water partition coefficient (Wildman–Crippen LogP) is 4.39. The quantitative estimate of drug-likeness (QED) is 0.738. The van der Waals surface area contributed by atoms with Crippen molar-refractivity contribution in [1.29, 1.82) is 0 Å². The van der Waals surface area contributed by atoms with E-state index in [1.54, 1.807) is 25.3 Å². The van der Waals surface area contributed by atoms with Gasteiger partial charge >= 0.3 is 0 Å². The van der Waals surface area contributed by atoms with Crippen LogP contribution in [-0.2, 0) is 0 Å². The van der Waals surface area contributed by atoms with E-state index in [1.165, 1.54) is 24.0 Å². The highest BCUT2D eigenvalue weighted by atomic mass is 32.1. The topological polar surface area (TPSA) is 60.5 Å². The minimum atomic E-state index is -0.245. The number of hydrogen-bond donors (Lipinski definition) is 1. The van der Waals surface area contributed by atoms with Crippen molar-refractivity contribution in [3.8, 4) is 22.8 Å². The first-order chi connectivity index (χ1) is 12.1. The smallest absolute Gasteiger partial charge is 0.257 e. The molecule has 0 spiro atoms. The summed E-state index contributed by atoms with van der Waals surface area (Å²) < 4.78 is 10.4. The van der Waals surface area contributed by atoms with Gasteiger partial charge in [0.15, 0.2) is 16.6 Å². The van der Waals surface area contributed by atoms with Crippen LogP contribution in [0.5, 0.6) is 11.5 Å². The van der Waals surface area contributed by atoms with Crippen LogP contribution in [0.2, 0.25) is 0 Å². The summed E-state index contributed by atoms with van der Waals surface area (Å²) in [7, 11) is 3.09. The van der Waals surface area contributed by atoms with Crippen LogP contribution < -0.4 is 14.8 Å². The molecular weight excluding hydrogens is 336 g/mol. The average molecular weight is 354 g/mol. The summed E-state index contributed by atoms with van der Waals surface area (Å²) in [6.07, 6.45) is 0. The van der Waals surface area contributed by atoms with Gasteiger partial charge < -0.3 is 9.47 Å². The monoisotopic (exact) mass is 354 g/mol. The Morgan fingerprint density at radius 1 is 1.04 bits per heavy atom. The molecule has 25 heavy (non-hydrogen) atoms. The highest BCUT2D eigenvalue weighted by molar-refractivity contribution is 7.14. The number of nitrogens with zero attached hydrogens (tertiary/aromatic N) is 1. The summed E-state index contributed by atoms with van der Waals surface area (Å²) in [4.78, 5) is 16.9. The number of nitrogens with one attached hydrogen (secondary N) is 1. The molecule has 128 valence electrons. The lowest BCUT2D eigenvalue weighted by Gasteiger charge is -2.09. The molecule has 3 rings (SSSR count). The molecular formula is C19H18N2O3S. The summed E-state index contributed by atoms with van der Waals surface area (Å²) in [6.45, 7) is 2.04. The van der Waals surface area contributed by atoms with Crippen molar-refractivity contribution in [3.05, 3.63) is 59.0 Å². The van der Waals surface area contributed by atoms with Crippen molar-refractivity contribution in [2.75, 3.05) is 19.5 Å². The minimum absolute atomic E-state index is 0.245. The Morgan fingerprint density at radius 3 is 2.44 bits per heavy atom. The highest BCUT2D eigenvalue weighted by Gasteiger charge is 2.13. The third-order valence-electron chi connectivity index (χ3n) is 3.72. The van der Waals surface area contributed by atoms with Crippen LogP contribution >= 0.6 is 11.3 Å². The number of methoxy groups -OCH3 is 2. The molecule has 0 unspecified atom stereocenters. The van der Waals surface area contributed by atoms with Gasteiger partial charge in [-0.1, -0.05) is 29.8 Å². The van der Waals surface area contributed by atoms with Crippen LogP contribution in [0.25, 0.3) is 11.3 Å².